The van der Waals surface area contributed by atoms with Gasteiger partial charge in [-0.1, -0.05) is 36.8 Å². The largest absolute Gasteiger partial charge is 0.508 e. The molecular weight excluding hydrogens is 298 g/mol. The van der Waals surface area contributed by atoms with E-state index in [0.29, 0.717) is 17.8 Å². The number of aromatic hydroxyl groups is 1. The number of carbonyl (C=O) groups excluding carboxylic acids is 1. The van der Waals surface area contributed by atoms with Crippen molar-refractivity contribution in [3.8, 4) is 5.75 Å². The predicted octanol–water partition coefficient (Wildman–Crippen LogP) is 4.18. The molecule has 0 spiro atoms. The molecular formula is C21H23NO2. The molecule has 124 valence electrons. The minimum Gasteiger partial charge on any atom is -0.508 e. The van der Waals surface area contributed by atoms with Gasteiger partial charge in [0.05, 0.1) is 0 Å². The number of phenolic OH excluding ortho intramolecular Hbond substituents is 1. The first-order chi connectivity index (χ1) is 11.7. The minimum absolute atomic E-state index is 0.141. The van der Waals surface area contributed by atoms with Crippen LogP contribution in [0.25, 0.3) is 0 Å². The van der Waals surface area contributed by atoms with Gasteiger partial charge in [0, 0.05) is 18.7 Å². The molecule has 1 amide bonds. The Morgan fingerprint density at radius 1 is 1.00 bits per heavy atom. The van der Waals surface area contributed by atoms with E-state index in [1.54, 1.807) is 29.2 Å². The molecule has 2 fully saturated rings. The van der Waals surface area contributed by atoms with E-state index in [1.165, 1.54) is 12.0 Å². The van der Waals surface area contributed by atoms with Crippen LogP contribution in [0.1, 0.15) is 30.7 Å². The smallest absolute Gasteiger partial charge is 0.230 e. The Labute approximate surface area is 142 Å². The molecule has 4 atom stereocenters. The van der Waals surface area contributed by atoms with Crippen molar-refractivity contribution in [2.45, 2.75) is 25.2 Å². The van der Waals surface area contributed by atoms with Gasteiger partial charge in [0.25, 0.3) is 0 Å². The van der Waals surface area contributed by atoms with Crippen molar-refractivity contribution in [2.75, 3.05) is 11.9 Å². The van der Waals surface area contributed by atoms with Crippen molar-refractivity contribution in [3.05, 3.63) is 60.2 Å². The summed E-state index contributed by atoms with van der Waals surface area (Å²) in [5.41, 5.74) is 2.24. The van der Waals surface area contributed by atoms with Crippen LogP contribution in [0.5, 0.6) is 5.75 Å². The number of phenols is 1. The first-order valence-electron chi connectivity index (χ1n) is 8.78. The summed E-state index contributed by atoms with van der Waals surface area (Å²) in [5, 5.41) is 9.43. The maximum atomic E-state index is 13.1. The number of rotatable bonds is 3. The molecule has 0 saturated heterocycles. The summed E-state index contributed by atoms with van der Waals surface area (Å²) in [4.78, 5) is 14.8. The molecule has 2 saturated carbocycles. The molecule has 24 heavy (non-hydrogen) atoms. The third-order valence-electron chi connectivity index (χ3n) is 5.96. The highest BCUT2D eigenvalue weighted by molar-refractivity contribution is 5.96. The van der Waals surface area contributed by atoms with Gasteiger partial charge >= 0.3 is 0 Å². The quantitative estimate of drug-likeness (QED) is 0.921. The average Bonchev–Trinajstić information content (AvgIpc) is 2.63. The lowest BCUT2D eigenvalue weighted by molar-refractivity contribution is -0.137. The van der Waals surface area contributed by atoms with Crippen molar-refractivity contribution in [1.82, 2.24) is 0 Å². The second-order valence-electron chi connectivity index (χ2n) is 7.13. The van der Waals surface area contributed by atoms with Gasteiger partial charge in [0.15, 0.2) is 0 Å². The molecule has 0 aromatic heterocycles. The molecule has 4 rings (SSSR count). The number of hydrogen-bond donors (Lipinski definition) is 1. The first-order valence-corrected chi connectivity index (χ1v) is 8.78. The summed E-state index contributed by atoms with van der Waals surface area (Å²) in [6.07, 6.45) is 3.54. The summed E-state index contributed by atoms with van der Waals surface area (Å²) in [6, 6.07) is 17.5. The van der Waals surface area contributed by atoms with Gasteiger partial charge in [-0.15, -0.1) is 0 Å². The molecule has 2 aliphatic rings. The number of carbonyl (C=O) groups is 1. The monoisotopic (exact) mass is 321 g/mol. The highest BCUT2D eigenvalue weighted by Crippen LogP contribution is 2.60. The van der Waals surface area contributed by atoms with E-state index in [2.05, 4.69) is 30.3 Å². The number of nitrogens with zero attached hydrogens (tertiary/aromatic N) is 1. The maximum Gasteiger partial charge on any atom is 0.230 e. The molecule has 0 aliphatic heterocycles. The van der Waals surface area contributed by atoms with Crippen LogP contribution in [0, 0.1) is 17.8 Å². The third-order valence-corrected chi connectivity index (χ3v) is 5.96. The normalized spacial score (nSPS) is 28.0. The molecule has 3 heteroatoms. The molecule has 2 bridgehead atoms. The van der Waals surface area contributed by atoms with Gasteiger partial charge in [0.2, 0.25) is 5.91 Å². The Hall–Kier alpha value is -2.29. The molecule has 2 unspecified atom stereocenters. The fourth-order valence-corrected chi connectivity index (χ4v) is 4.81. The van der Waals surface area contributed by atoms with Crippen LogP contribution in [0.15, 0.2) is 54.6 Å². The Morgan fingerprint density at radius 3 is 2.25 bits per heavy atom. The highest BCUT2D eigenvalue weighted by Gasteiger charge is 2.56. The fourth-order valence-electron chi connectivity index (χ4n) is 4.81. The molecule has 0 heterocycles. The third kappa shape index (κ3) is 2.39. The van der Waals surface area contributed by atoms with Gasteiger partial charge in [-0.05, 0) is 60.4 Å². The van der Waals surface area contributed by atoms with E-state index >= 15 is 0 Å². The molecule has 0 radical (unpaired) electrons. The number of amides is 1. The van der Waals surface area contributed by atoms with Crippen LogP contribution in [0.4, 0.5) is 5.69 Å². The van der Waals surface area contributed by atoms with E-state index in [-0.39, 0.29) is 17.6 Å². The first kappa shape index (κ1) is 15.3. The Bertz CT molecular complexity index is 713. The van der Waals surface area contributed by atoms with Gasteiger partial charge < -0.3 is 10.0 Å². The van der Waals surface area contributed by atoms with Crippen LogP contribution >= 0.6 is 0 Å². The van der Waals surface area contributed by atoms with Crippen LogP contribution in [0.3, 0.4) is 0 Å². The van der Waals surface area contributed by atoms with Crippen molar-refractivity contribution in [2.24, 2.45) is 17.8 Å². The van der Waals surface area contributed by atoms with Crippen LogP contribution in [-0.2, 0) is 4.79 Å². The van der Waals surface area contributed by atoms with E-state index in [1.807, 2.05) is 7.05 Å². The van der Waals surface area contributed by atoms with Crippen molar-refractivity contribution in [1.29, 1.82) is 0 Å². The van der Waals surface area contributed by atoms with Gasteiger partial charge in [-0.25, -0.2) is 0 Å². The average molecular weight is 321 g/mol. The SMILES string of the molecule is CN(C(=O)C1[C@H]2CCC[C@@H]1C2c1ccccc1)c1ccc(O)cc1. The van der Waals surface area contributed by atoms with E-state index in [9.17, 15) is 9.90 Å². The van der Waals surface area contributed by atoms with E-state index in [4.69, 9.17) is 0 Å². The van der Waals surface area contributed by atoms with Crippen molar-refractivity contribution in [3.63, 3.8) is 0 Å². The topological polar surface area (TPSA) is 40.5 Å². The van der Waals surface area contributed by atoms with Gasteiger partial charge in [0.1, 0.15) is 5.75 Å². The van der Waals surface area contributed by atoms with E-state index < -0.39 is 0 Å². The zero-order valence-electron chi connectivity index (χ0n) is 13.9. The molecule has 2 aromatic rings. The molecule has 2 aliphatic carbocycles. The fraction of sp³-hybridized carbons (Fsp3) is 0.381. The summed E-state index contributed by atoms with van der Waals surface area (Å²) in [7, 11) is 1.85. The maximum absolute atomic E-state index is 13.1. The molecule has 1 N–H and O–H groups in total. The number of fused-ring (bicyclic) bond motifs is 2. The second-order valence-corrected chi connectivity index (χ2v) is 7.13. The van der Waals surface area contributed by atoms with E-state index in [0.717, 1.165) is 18.5 Å². The van der Waals surface area contributed by atoms with Crippen LogP contribution in [0.2, 0.25) is 0 Å². The lowest BCUT2D eigenvalue weighted by Gasteiger charge is -2.56. The number of anilines is 1. The Kier molecular flexibility index (Phi) is 3.79. The van der Waals surface area contributed by atoms with Crippen LogP contribution < -0.4 is 4.90 Å². The second kappa shape index (κ2) is 5.97. The standard InChI is InChI=1S/C21H23NO2/c1-22(15-10-12-16(23)13-11-15)21(24)20-17-8-5-9-18(20)19(17)14-6-3-2-4-7-14/h2-4,6-7,10-13,17-20,23H,5,8-9H2,1H3/t17-,18+,19?,20?. The van der Waals surface area contributed by atoms with Gasteiger partial charge in [-0.3, -0.25) is 4.79 Å². The van der Waals surface area contributed by atoms with Crippen LogP contribution in [-0.4, -0.2) is 18.1 Å². The number of benzene rings is 2. The lowest BCUT2D eigenvalue weighted by Crippen LogP contribution is -2.55. The molecule has 3 nitrogen and oxygen atoms in total. The zero-order chi connectivity index (χ0) is 16.7. The van der Waals surface area contributed by atoms with Gasteiger partial charge in [-0.2, -0.15) is 0 Å². The zero-order valence-corrected chi connectivity index (χ0v) is 13.9. The Morgan fingerprint density at radius 2 is 1.62 bits per heavy atom. The minimum atomic E-state index is 0.141. The van der Waals surface area contributed by atoms with Crippen molar-refractivity contribution >= 4 is 11.6 Å². The molecule has 2 aromatic carbocycles. The number of hydrogen-bond acceptors (Lipinski definition) is 2. The Balaban J connectivity index is 1.55. The summed E-state index contributed by atoms with van der Waals surface area (Å²) in [6.45, 7) is 0. The summed E-state index contributed by atoms with van der Waals surface area (Å²) in [5.74, 6) is 2.08. The lowest BCUT2D eigenvalue weighted by atomic mass is 9.48. The predicted molar refractivity (Wildman–Crippen MR) is 95.0 cm³/mol. The summed E-state index contributed by atoms with van der Waals surface area (Å²) < 4.78 is 0. The highest BCUT2D eigenvalue weighted by atomic mass is 16.3. The van der Waals surface area contributed by atoms with Crippen molar-refractivity contribution < 1.29 is 9.90 Å². The summed E-state index contributed by atoms with van der Waals surface area (Å²) >= 11 is 0.